The number of aryl methyl sites for hydroxylation is 1. The van der Waals surface area contributed by atoms with Crippen LogP contribution in [0.15, 0.2) is 29.2 Å². The highest BCUT2D eigenvalue weighted by Crippen LogP contribution is 2.15. The zero-order valence-corrected chi connectivity index (χ0v) is 12.6. The Kier molecular flexibility index (Phi) is 4.45. The van der Waals surface area contributed by atoms with Crippen molar-refractivity contribution in [2.45, 2.75) is 37.6 Å². The highest BCUT2D eigenvalue weighted by Gasteiger charge is 2.25. The number of rotatable bonds is 5. The highest BCUT2D eigenvalue weighted by atomic mass is 32.2. The average Bonchev–Trinajstić information content (AvgIpc) is 2.74. The van der Waals surface area contributed by atoms with Gasteiger partial charge < -0.3 is 4.90 Å². The Bertz CT molecular complexity index is 598. The molecule has 0 aromatic heterocycles. The van der Waals surface area contributed by atoms with Gasteiger partial charge in [-0.25, -0.2) is 13.1 Å². The van der Waals surface area contributed by atoms with Crippen LogP contribution in [0.2, 0.25) is 0 Å². The normalized spacial score (nSPS) is 17.5. The largest absolute Gasteiger partial charge is 0.341 e. The van der Waals surface area contributed by atoms with Gasteiger partial charge in [0.15, 0.2) is 0 Å². The molecule has 1 aromatic rings. The van der Waals surface area contributed by atoms with E-state index >= 15 is 0 Å². The van der Waals surface area contributed by atoms with Crippen LogP contribution in [0.1, 0.15) is 25.3 Å². The Labute approximate surface area is 120 Å². The van der Waals surface area contributed by atoms with Crippen molar-refractivity contribution in [3.8, 4) is 0 Å². The number of sulfonamides is 1. The Balaban J connectivity index is 2.05. The van der Waals surface area contributed by atoms with Crippen molar-refractivity contribution in [2.24, 2.45) is 0 Å². The van der Waals surface area contributed by atoms with Crippen molar-refractivity contribution in [1.82, 2.24) is 9.62 Å². The van der Waals surface area contributed by atoms with Gasteiger partial charge in [-0.05, 0) is 31.9 Å². The van der Waals surface area contributed by atoms with Crippen molar-refractivity contribution >= 4 is 15.9 Å². The molecule has 0 aliphatic carbocycles. The number of hydrogen-bond donors (Lipinski definition) is 1. The molecule has 0 radical (unpaired) electrons. The molecular weight excluding hydrogens is 276 g/mol. The fourth-order valence-corrected chi connectivity index (χ4v) is 3.93. The van der Waals surface area contributed by atoms with Gasteiger partial charge in [-0.15, -0.1) is 0 Å². The van der Waals surface area contributed by atoms with Gasteiger partial charge in [0.1, 0.15) is 0 Å². The van der Waals surface area contributed by atoms with Gasteiger partial charge in [-0.2, -0.15) is 0 Å². The molecule has 2 rings (SSSR count). The molecule has 1 N–H and O–H groups in total. The summed E-state index contributed by atoms with van der Waals surface area (Å²) in [4.78, 5) is 13.6. The second kappa shape index (κ2) is 5.93. The first kappa shape index (κ1) is 15.0. The molecule has 1 aliphatic heterocycles. The van der Waals surface area contributed by atoms with Crippen molar-refractivity contribution in [1.29, 1.82) is 0 Å². The van der Waals surface area contributed by atoms with E-state index in [1.54, 1.807) is 43.0 Å². The van der Waals surface area contributed by atoms with Crippen LogP contribution in [0.5, 0.6) is 0 Å². The number of nitrogens with zero attached hydrogens (tertiary/aromatic N) is 1. The van der Waals surface area contributed by atoms with Gasteiger partial charge in [-0.1, -0.05) is 18.2 Å². The Morgan fingerprint density at radius 2 is 2.05 bits per heavy atom. The van der Waals surface area contributed by atoms with Crippen LogP contribution in [0.3, 0.4) is 0 Å². The van der Waals surface area contributed by atoms with E-state index in [0.29, 0.717) is 23.4 Å². The molecular formula is C14H20N2O3S. The van der Waals surface area contributed by atoms with E-state index in [-0.39, 0.29) is 11.9 Å². The van der Waals surface area contributed by atoms with Crippen LogP contribution in [0, 0.1) is 6.92 Å². The summed E-state index contributed by atoms with van der Waals surface area (Å²) in [5, 5.41) is 0. The van der Waals surface area contributed by atoms with E-state index in [2.05, 4.69) is 4.72 Å². The third-order valence-electron chi connectivity index (χ3n) is 3.41. The lowest BCUT2D eigenvalue weighted by molar-refractivity contribution is -0.127. The molecule has 0 saturated carbocycles. The van der Waals surface area contributed by atoms with Gasteiger partial charge in [0, 0.05) is 25.6 Å². The highest BCUT2D eigenvalue weighted by molar-refractivity contribution is 7.89. The van der Waals surface area contributed by atoms with Crippen molar-refractivity contribution in [3.05, 3.63) is 29.8 Å². The summed E-state index contributed by atoms with van der Waals surface area (Å²) in [6.07, 6.45) is 1.42. The number of nitrogens with one attached hydrogen (secondary N) is 1. The van der Waals surface area contributed by atoms with E-state index < -0.39 is 10.0 Å². The van der Waals surface area contributed by atoms with Crippen molar-refractivity contribution in [3.63, 3.8) is 0 Å². The lowest BCUT2D eigenvalue weighted by atomic mass is 10.2. The van der Waals surface area contributed by atoms with Gasteiger partial charge in [0.25, 0.3) is 0 Å². The molecule has 20 heavy (non-hydrogen) atoms. The maximum atomic E-state index is 12.3. The summed E-state index contributed by atoms with van der Waals surface area (Å²) in [5.74, 6) is 0.104. The van der Waals surface area contributed by atoms with E-state index in [1.807, 2.05) is 0 Å². The maximum absolute atomic E-state index is 12.3. The third kappa shape index (κ3) is 3.37. The van der Waals surface area contributed by atoms with E-state index in [9.17, 15) is 13.2 Å². The summed E-state index contributed by atoms with van der Waals surface area (Å²) in [7, 11) is -3.54. The summed E-state index contributed by atoms with van der Waals surface area (Å²) < 4.78 is 27.2. The van der Waals surface area contributed by atoms with Crippen molar-refractivity contribution < 1.29 is 13.2 Å². The van der Waals surface area contributed by atoms with Crippen LogP contribution in [-0.2, 0) is 14.8 Å². The molecule has 1 atom stereocenters. The predicted octanol–water partition coefficient (Wildman–Crippen LogP) is 1.28. The van der Waals surface area contributed by atoms with Gasteiger partial charge in [0.2, 0.25) is 15.9 Å². The summed E-state index contributed by atoms with van der Waals surface area (Å²) >= 11 is 0. The summed E-state index contributed by atoms with van der Waals surface area (Å²) in [6, 6.07) is 6.56. The molecule has 1 aliphatic rings. The Morgan fingerprint density at radius 1 is 1.35 bits per heavy atom. The minimum absolute atomic E-state index is 0.104. The fourth-order valence-electron chi connectivity index (χ4n) is 2.45. The molecule has 1 fully saturated rings. The molecule has 1 amide bonds. The number of carbonyl (C=O) groups is 1. The molecule has 1 saturated heterocycles. The zero-order chi connectivity index (χ0) is 14.8. The van der Waals surface area contributed by atoms with E-state index in [0.717, 1.165) is 13.0 Å². The van der Waals surface area contributed by atoms with Crippen LogP contribution >= 0.6 is 0 Å². The van der Waals surface area contributed by atoms with Crippen molar-refractivity contribution in [2.75, 3.05) is 13.1 Å². The minimum Gasteiger partial charge on any atom is -0.341 e. The number of amides is 1. The molecule has 0 spiro atoms. The first-order valence-electron chi connectivity index (χ1n) is 6.76. The fraction of sp³-hybridized carbons (Fsp3) is 0.500. The predicted molar refractivity (Wildman–Crippen MR) is 76.8 cm³/mol. The van der Waals surface area contributed by atoms with Crippen LogP contribution in [0.25, 0.3) is 0 Å². The Morgan fingerprint density at radius 3 is 2.65 bits per heavy atom. The first-order chi connectivity index (χ1) is 9.40. The second-order valence-electron chi connectivity index (χ2n) is 5.23. The second-order valence-corrected chi connectivity index (χ2v) is 6.91. The van der Waals surface area contributed by atoms with Gasteiger partial charge in [0.05, 0.1) is 4.90 Å². The topological polar surface area (TPSA) is 66.5 Å². The number of hydrogen-bond acceptors (Lipinski definition) is 3. The molecule has 110 valence electrons. The average molecular weight is 296 g/mol. The SMILES string of the molecule is Cc1ccccc1S(=O)(=O)NC(C)CN1CCCC1=O. The lowest BCUT2D eigenvalue weighted by Crippen LogP contribution is -2.42. The van der Waals surface area contributed by atoms with Gasteiger partial charge in [-0.3, -0.25) is 4.79 Å². The summed E-state index contributed by atoms with van der Waals surface area (Å²) in [6.45, 7) is 4.68. The molecule has 5 nitrogen and oxygen atoms in total. The zero-order valence-electron chi connectivity index (χ0n) is 11.8. The maximum Gasteiger partial charge on any atom is 0.241 e. The van der Waals surface area contributed by atoms with E-state index in [4.69, 9.17) is 0 Å². The monoisotopic (exact) mass is 296 g/mol. The lowest BCUT2D eigenvalue weighted by Gasteiger charge is -2.22. The quantitative estimate of drug-likeness (QED) is 0.890. The standard InChI is InChI=1S/C14H20N2O3S/c1-11-6-3-4-7-13(11)20(18,19)15-12(2)10-16-9-5-8-14(16)17/h3-4,6-7,12,15H,5,8-10H2,1-2H3. The third-order valence-corrected chi connectivity index (χ3v) is 5.15. The molecule has 6 heteroatoms. The number of carbonyl (C=O) groups excluding carboxylic acids is 1. The first-order valence-corrected chi connectivity index (χ1v) is 8.24. The number of likely N-dealkylation sites (tertiary alicyclic amines) is 1. The summed E-state index contributed by atoms with van der Waals surface area (Å²) in [5.41, 5.74) is 0.712. The Hall–Kier alpha value is -1.40. The molecule has 0 bridgehead atoms. The smallest absolute Gasteiger partial charge is 0.241 e. The van der Waals surface area contributed by atoms with Gasteiger partial charge >= 0.3 is 0 Å². The molecule has 1 heterocycles. The number of benzene rings is 1. The van der Waals surface area contributed by atoms with E-state index in [1.165, 1.54) is 0 Å². The molecule has 1 unspecified atom stereocenters. The molecule has 1 aromatic carbocycles. The minimum atomic E-state index is -3.54. The van der Waals surface area contributed by atoms with Crippen LogP contribution < -0.4 is 4.72 Å². The van der Waals surface area contributed by atoms with Crippen LogP contribution in [-0.4, -0.2) is 38.4 Å². The van der Waals surface area contributed by atoms with Crippen LogP contribution in [0.4, 0.5) is 0 Å².